The van der Waals surface area contributed by atoms with Crippen LogP contribution in [0.4, 0.5) is 11.8 Å². The smallest absolute Gasteiger partial charge is 0.352 e. The fourth-order valence-corrected chi connectivity index (χ4v) is 4.99. The number of anilines is 2. The number of carbonyl (C=O) groups is 2. The van der Waals surface area contributed by atoms with Crippen molar-refractivity contribution in [2.45, 2.75) is 64.0 Å². The van der Waals surface area contributed by atoms with E-state index in [9.17, 15) is 14.7 Å². The van der Waals surface area contributed by atoms with Crippen LogP contribution in [-0.4, -0.2) is 81.1 Å². The van der Waals surface area contributed by atoms with Crippen LogP contribution in [0.15, 0.2) is 24.4 Å². The number of carbonyl (C=O) groups excluding carboxylic acids is 1. The average molecular weight is 523 g/mol. The molecule has 1 amide bonds. The molecule has 0 saturated carbocycles. The predicted molar refractivity (Wildman–Crippen MR) is 147 cm³/mol. The quantitative estimate of drug-likeness (QED) is 0.281. The van der Waals surface area contributed by atoms with Gasteiger partial charge in [0.2, 0.25) is 5.95 Å². The molecule has 5 heterocycles. The number of nitrogens with one attached hydrogen (secondary N) is 4. The summed E-state index contributed by atoms with van der Waals surface area (Å²) in [6.07, 6.45) is 8.71. The Hall–Kier alpha value is -3.57. The van der Waals surface area contributed by atoms with E-state index in [1.807, 2.05) is 19.0 Å². The minimum absolute atomic E-state index is 0.00173. The third kappa shape index (κ3) is 6.65. The van der Waals surface area contributed by atoms with Crippen molar-refractivity contribution in [1.82, 2.24) is 35.5 Å². The lowest BCUT2D eigenvalue weighted by Crippen LogP contribution is -2.39. The van der Waals surface area contributed by atoms with Gasteiger partial charge in [0.25, 0.3) is 5.91 Å². The van der Waals surface area contributed by atoms with Gasteiger partial charge in [-0.3, -0.25) is 4.79 Å². The number of carboxylic acid groups (broad SMARTS) is 1. The van der Waals surface area contributed by atoms with Crippen LogP contribution in [0.25, 0.3) is 11.0 Å². The summed E-state index contributed by atoms with van der Waals surface area (Å²) in [6, 6.07) is 6.01. The van der Waals surface area contributed by atoms with E-state index in [4.69, 9.17) is 0 Å². The number of rotatable bonds is 8. The van der Waals surface area contributed by atoms with Gasteiger partial charge in [-0.2, -0.15) is 4.98 Å². The first kappa shape index (κ1) is 27.5. The van der Waals surface area contributed by atoms with Crippen LogP contribution < -0.4 is 16.0 Å². The standard InChI is InChI=1S/C25H31N7O3.C2H7N/c1-2-3-4-5-19-18-12-20(24(34)35)28-22(18)31-25(29-19)30-21-9-6-15(13-26-21)23(33)32-11-10-16-7-8-17(14-32)27-16;1-3-2/h6,9,12-13,16-17,27H,2-5,7-8,10-11,14H2,1H3,(H,34,35)(H2,26,28,29,30,31);3H,1-2H3/t16-,17+;/m1./s1. The molecule has 0 spiro atoms. The van der Waals surface area contributed by atoms with Gasteiger partial charge in [0.05, 0.1) is 11.3 Å². The highest BCUT2D eigenvalue weighted by Gasteiger charge is 2.31. The first-order chi connectivity index (χ1) is 18.4. The van der Waals surface area contributed by atoms with Crippen LogP contribution >= 0.6 is 0 Å². The minimum Gasteiger partial charge on any atom is -0.477 e. The second-order valence-corrected chi connectivity index (χ2v) is 9.94. The number of carboxylic acids is 1. The number of aromatic amines is 1. The van der Waals surface area contributed by atoms with Gasteiger partial charge in [0.15, 0.2) is 0 Å². The maximum Gasteiger partial charge on any atom is 0.352 e. The lowest BCUT2D eigenvalue weighted by molar-refractivity contribution is 0.0690. The number of nitrogens with zero attached hydrogens (tertiary/aromatic N) is 4. The summed E-state index contributed by atoms with van der Waals surface area (Å²) in [5, 5.41) is 19.5. The molecule has 5 N–H and O–H groups in total. The van der Waals surface area contributed by atoms with Crippen LogP contribution in [0.5, 0.6) is 0 Å². The van der Waals surface area contributed by atoms with Crippen molar-refractivity contribution in [3.63, 3.8) is 0 Å². The molecule has 0 aromatic carbocycles. The fourth-order valence-electron chi connectivity index (χ4n) is 4.99. The van der Waals surface area contributed by atoms with Crippen molar-refractivity contribution < 1.29 is 14.7 Å². The summed E-state index contributed by atoms with van der Waals surface area (Å²) in [5.41, 5.74) is 1.91. The van der Waals surface area contributed by atoms with Crippen LogP contribution in [0, 0.1) is 0 Å². The second kappa shape index (κ2) is 12.8. The van der Waals surface area contributed by atoms with Gasteiger partial charge in [0.1, 0.15) is 17.2 Å². The number of hydrogen-bond acceptors (Lipinski definition) is 8. The summed E-state index contributed by atoms with van der Waals surface area (Å²) in [4.78, 5) is 42.8. The molecule has 2 saturated heterocycles. The average Bonchev–Trinajstić information content (AvgIpc) is 3.48. The monoisotopic (exact) mass is 522 g/mol. The fraction of sp³-hybridized carbons (Fsp3) is 0.519. The van der Waals surface area contributed by atoms with Crippen molar-refractivity contribution in [2.24, 2.45) is 0 Å². The number of likely N-dealkylation sites (tertiary alicyclic amines) is 1. The number of aromatic carboxylic acids is 1. The Morgan fingerprint density at radius 1 is 1.13 bits per heavy atom. The Morgan fingerprint density at radius 3 is 2.63 bits per heavy atom. The van der Waals surface area contributed by atoms with E-state index in [1.54, 1.807) is 24.4 Å². The van der Waals surface area contributed by atoms with Gasteiger partial charge in [0, 0.05) is 36.8 Å². The lowest BCUT2D eigenvalue weighted by atomic mass is 10.1. The topological polar surface area (TPSA) is 148 Å². The van der Waals surface area contributed by atoms with Gasteiger partial charge in [-0.25, -0.2) is 14.8 Å². The van der Waals surface area contributed by atoms with Crippen molar-refractivity contribution in [2.75, 3.05) is 32.5 Å². The summed E-state index contributed by atoms with van der Waals surface area (Å²) in [7, 11) is 3.75. The summed E-state index contributed by atoms with van der Waals surface area (Å²) < 4.78 is 0. The number of pyridine rings is 1. The number of H-pyrrole nitrogens is 1. The van der Waals surface area contributed by atoms with Crippen LogP contribution in [0.1, 0.15) is 72.0 Å². The van der Waals surface area contributed by atoms with Crippen LogP contribution in [-0.2, 0) is 6.42 Å². The molecule has 11 nitrogen and oxygen atoms in total. The lowest BCUT2D eigenvalue weighted by Gasteiger charge is -2.24. The Morgan fingerprint density at radius 2 is 1.92 bits per heavy atom. The molecule has 0 aliphatic carbocycles. The van der Waals surface area contributed by atoms with Gasteiger partial charge in [-0.15, -0.1) is 0 Å². The number of aryl methyl sites for hydroxylation is 1. The van der Waals surface area contributed by atoms with Gasteiger partial charge in [-0.1, -0.05) is 19.8 Å². The minimum atomic E-state index is -1.04. The molecule has 11 heteroatoms. The number of amides is 1. The first-order valence-electron chi connectivity index (χ1n) is 13.4. The molecule has 2 fully saturated rings. The number of unbranched alkanes of at least 4 members (excludes halogenated alkanes) is 2. The molecule has 0 radical (unpaired) electrons. The second-order valence-electron chi connectivity index (χ2n) is 9.94. The van der Waals surface area contributed by atoms with Crippen molar-refractivity contribution in [3.05, 3.63) is 41.3 Å². The van der Waals surface area contributed by atoms with E-state index < -0.39 is 5.97 Å². The highest BCUT2D eigenvalue weighted by atomic mass is 16.4. The van der Waals surface area contributed by atoms with E-state index in [-0.39, 0.29) is 11.6 Å². The zero-order chi connectivity index (χ0) is 27.1. The maximum atomic E-state index is 13.0. The molecule has 5 rings (SSSR count). The summed E-state index contributed by atoms with van der Waals surface area (Å²) >= 11 is 0. The van der Waals surface area contributed by atoms with E-state index >= 15 is 0 Å². The highest BCUT2D eigenvalue weighted by molar-refractivity contribution is 5.94. The SMILES string of the molecule is CCCCCc1nc(Nc2ccc(C(=O)N3CC[C@H]4CC[C@@H](C3)N4)cn2)nc2[nH]c(C(=O)O)cc12.CNC. The zero-order valence-corrected chi connectivity index (χ0v) is 22.4. The molecule has 3 aromatic rings. The molecule has 0 unspecified atom stereocenters. The molecule has 2 atom stereocenters. The molecule has 204 valence electrons. The van der Waals surface area contributed by atoms with E-state index in [2.05, 4.69) is 42.8 Å². The van der Waals surface area contributed by atoms with Gasteiger partial charge in [-0.05, 0) is 64.4 Å². The number of fused-ring (bicyclic) bond motifs is 3. The van der Waals surface area contributed by atoms with Crippen molar-refractivity contribution in [1.29, 1.82) is 0 Å². The Bertz CT molecular complexity index is 1240. The van der Waals surface area contributed by atoms with E-state index in [0.29, 0.717) is 35.1 Å². The molecule has 2 aliphatic heterocycles. The van der Waals surface area contributed by atoms with Crippen LogP contribution in [0.2, 0.25) is 0 Å². The maximum absolute atomic E-state index is 13.0. The molecule has 2 bridgehead atoms. The van der Waals surface area contributed by atoms with Crippen molar-refractivity contribution >= 4 is 34.7 Å². The first-order valence-corrected chi connectivity index (χ1v) is 13.4. The molecular weight excluding hydrogens is 484 g/mol. The molecular formula is C27H38N8O3. The Labute approximate surface area is 222 Å². The highest BCUT2D eigenvalue weighted by Crippen LogP contribution is 2.24. The summed E-state index contributed by atoms with van der Waals surface area (Å²) in [6.45, 7) is 3.63. The third-order valence-corrected chi connectivity index (χ3v) is 6.87. The van der Waals surface area contributed by atoms with Gasteiger partial charge >= 0.3 is 5.97 Å². The summed E-state index contributed by atoms with van der Waals surface area (Å²) in [5.74, 6) is -0.181. The van der Waals surface area contributed by atoms with E-state index in [1.165, 1.54) is 6.42 Å². The number of aromatic nitrogens is 4. The third-order valence-electron chi connectivity index (χ3n) is 6.87. The van der Waals surface area contributed by atoms with Gasteiger partial charge < -0.3 is 30.9 Å². The van der Waals surface area contributed by atoms with E-state index in [0.717, 1.165) is 62.7 Å². The molecule has 3 aromatic heterocycles. The Balaban J connectivity index is 0.00000107. The Kier molecular flexibility index (Phi) is 9.24. The zero-order valence-electron chi connectivity index (χ0n) is 22.4. The largest absolute Gasteiger partial charge is 0.477 e. The number of hydrogen-bond donors (Lipinski definition) is 5. The van der Waals surface area contributed by atoms with Crippen LogP contribution in [0.3, 0.4) is 0 Å². The predicted octanol–water partition coefficient (Wildman–Crippen LogP) is 3.33. The normalized spacial score (nSPS) is 18.6. The molecule has 38 heavy (non-hydrogen) atoms. The molecule has 2 aliphatic rings. The van der Waals surface area contributed by atoms with Crippen molar-refractivity contribution in [3.8, 4) is 0 Å².